The van der Waals surface area contributed by atoms with Gasteiger partial charge in [-0.15, -0.1) is 0 Å². The third-order valence-corrected chi connectivity index (χ3v) is 5.13. The highest BCUT2D eigenvalue weighted by Crippen LogP contribution is 2.24. The Labute approximate surface area is 191 Å². The van der Waals surface area contributed by atoms with E-state index in [2.05, 4.69) is 19.9 Å². The van der Waals surface area contributed by atoms with Crippen molar-refractivity contribution in [1.82, 2.24) is 24.5 Å². The quantitative estimate of drug-likeness (QED) is 0.406. The van der Waals surface area contributed by atoms with Crippen molar-refractivity contribution in [3.63, 3.8) is 0 Å². The van der Waals surface area contributed by atoms with Crippen LogP contribution in [0.1, 0.15) is 13.8 Å². The molecule has 4 heterocycles. The SMILES string of the molecule is COc1ccc(-c2cc3c(cn2)nc(N(C)c2ccccn2)c(=O)n3CCOC(C)C)cn1. The molecular formula is C24H26N6O3. The van der Waals surface area contributed by atoms with Crippen LogP contribution >= 0.6 is 0 Å². The Morgan fingerprint density at radius 2 is 1.94 bits per heavy atom. The van der Waals surface area contributed by atoms with Crippen molar-refractivity contribution in [3.8, 4) is 17.1 Å². The van der Waals surface area contributed by atoms with Gasteiger partial charge in [0.05, 0.1) is 37.2 Å². The Balaban J connectivity index is 1.83. The largest absolute Gasteiger partial charge is 0.481 e. The van der Waals surface area contributed by atoms with Gasteiger partial charge in [0.25, 0.3) is 5.56 Å². The topological polar surface area (TPSA) is 95.3 Å². The first-order valence-corrected chi connectivity index (χ1v) is 10.7. The molecule has 0 N–H and O–H groups in total. The molecule has 170 valence electrons. The number of ether oxygens (including phenoxy) is 2. The van der Waals surface area contributed by atoms with Crippen LogP contribution in [0.15, 0.2) is 59.8 Å². The second-order valence-electron chi connectivity index (χ2n) is 7.71. The van der Waals surface area contributed by atoms with Crippen molar-refractivity contribution in [1.29, 1.82) is 0 Å². The van der Waals surface area contributed by atoms with Crippen LogP contribution in [0.2, 0.25) is 0 Å². The van der Waals surface area contributed by atoms with Gasteiger partial charge in [0.1, 0.15) is 11.3 Å². The monoisotopic (exact) mass is 446 g/mol. The summed E-state index contributed by atoms with van der Waals surface area (Å²) in [6.07, 6.45) is 5.10. The van der Waals surface area contributed by atoms with E-state index in [0.717, 1.165) is 5.56 Å². The predicted molar refractivity (Wildman–Crippen MR) is 127 cm³/mol. The van der Waals surface area contributed by atoms with Gasteiger partial charge in [0, 0.05) is 37.6 Å². The van der Waals surface area contributed by atoms with Gasteiger partial charge in [-0.05, 0) is 38.1 Å². The minimum absolute atomic E-state index is 0.0621. The van der Waals surface area contributed by atoms with Crippen LogP contribution in [0.25, 0.3) is 22.3 Å². The molecule has 4 aromatic heterocycles. The van der Waals surface area contributed by atoms with E-state index < -0.39 is 0 Å². The number of rotatable bonds is 8. The number of methoxy groups -OCH3 is 1. The van der Waals surface area contributed by atoms with Crippen molar-refractivity contribution in [2.24, 2.45) is 0 Å². The normalized spacial score (nSPS) is 11.2. The van der Waals surface area contributed by atoms with Crippen LogP contribution in [-0.4, -0.2) is 51.4 Å². The number of fused-ring (bicyclic) bond motifs is 1. The lowest BCUT2D eigenvalue weighted by Gasteiger charge is -2.20. The summed E-state index contributed by atoms with van der Waals surface area (Å²) in [7, 11) is 3.34. The van der Waals surface area contributed by atoms with Gasteiger partial charge in [0.15, 0.2) is 0 Å². The van der Waals surface area contributed by atoms with Crippen molar-refractivity contribution in [2.45, 2.75) is 26.5 Å². The van der Waals surface area contributed by atoms with Crippen molar-refractivity contribution >= 4 is 22.7 Å². The summed E-state index contributed by atoms with van der Waals surface area (Å²) >= 11 is 0. The number of anilines is 2. The summed E-state index contributed by atoms with van der Waals surface area (Å²) in [4.78, 5) is 33.0. The first-order chi connectivity index (χ1) is 16.0. The maximum Gasteiger partial charge on any atom is 0.294 e. The third kappa shape index (κ3) is 4.83. The molecule has 0 aliphatic rings. The average Bonchev–Trinajstić information content (AvgIpc) is 2.85. The van der Waals surface area contributed by atoms with Crippen LogP contribution in [0, 0.1) is 0 Å². The molecular weight excluding hydrogens is 420 g/mol. The van der Waals surface area contributed by atoms with E-state index in [4.69, 9.17) is 9.47 Å². The standard InChI is InChI=1S/C24H26N6O3/c1-16(2)33-12-11-30-20-13-18(17-8-9-22(32-4)27-14-17)26-15-19(20)28-23(24(30)31)29(3)21-7-5-6-10-25-21/h5-10,13-16H,11-12H2,1-4H3. The summed E-state index contributed by atoms with van der Waals surface area (Å²) < 4.78 is 12.5. The van der Waals surface area contributed by atoms with Crippen LogP contribution in [-0.2, 0) is 11.3 Å². The van der Waals surface area contributed by atoms with E-state index in [9.17, 15) is 4.79 Å². The second kappa shape index (κ2) is 9.74. The van der Waals surface area contributed by atoms with E-state index in [1.54, 1.807) is 48.3 Å². The highest BCUT2D eigenvalue weighted by Gasteiger charge is 2.18. The van der Waals surface area contributed by atoms with Gasteiger partial charge in [0.2, 0.25) is 11.7 Å². The smallest absolute Gasteiger partial charge is 0.294 e. The summed E-state index contributed by atoms with van der Waals surface area (Å²) in [5.41, 5.74) is 2.54. The van der Waals surface area contributed by atoms with Crippen molar-refractivity contribution in [2.75, 3.05) is 25.7 Å². The van der Waals surface area contributed by atoms with Gasteiger partial charge >= 0.3 is 0 Å². The molecule has 0 amide bonds. The van der Waals surface area contributed by atoms with Crippen LogP contribution in [0.5, 0.6) is 5.88 Å². The molecule has 0 saturated carbocycles. The predicted octanol–water partition coefficient (Wildman–Crippen LogP) is 3.45. The Bertz CT molecular complexity index is 1290. The third-order valence-electron chi connectivity index (χ3n) is 5.13. The lowest BCUT2D eigenvalue weighted by atomic mass is 10.2. The van der Waals surface area contributed by atoms with Crippen molar-refractivity contribution in [3.05, 3.63) is 65.3 Å². The molecule has 0 radical (unpaired) electrons. The molecule has 4 aromatic rings. The fourth-order valence-corrected chi connectivity index (χ4v) is 3.42. The summed E-state index contributed by atoms with van der Waals surface area (Å²) in [5.74, 6) is 1.41. The zero-order chi connectivity index (χ0) is 23.4. The lowest BCUT2D eigenvalue weighted by molar-refractivity contribution is 0.0729. The summed E-state index contributed by atoms with van der Waals surface area (Å²) in [6.45, 7) is 4.70. The highest BCUT2D eigenvalue weighted by molar-refractivity contribution is 5.80. The number of hydrogen-bond acceptors (Lipinski definition) is 8. The molecule has 0 atom stereocenters. The number of pyridine rings is 3. The zero-order valence-electron chi connectivity index (χ0n) is 19.1. The summed E-state index contributed by atoms with van der Waals surface area (Å²) in [5, 5.41) is 0. The fraction of sp³-hybridized carbons (Fsp3) is 0.292. The molecule has 0 aliphatic heterocycles. The molecule has 9 heteroatoms. The van der Waals surface area contributed by atoms with Crippen LogP contribution in [0.4, 0.5) is 11.6 Å². The minimum Gasteiger partial charge on any atom is -0.481 e. The number of aromatic nitrogens is 5. The molecule has 0 aliphatic carbocycles. The molecule has 9 nitrogen and oxygen atoms in total. The molecule has 0 saturated heterocycles. The molecule has 0 unspecified atom stereocenters. The molecule has 0 aromatic carbocycles. The van der Waals surface area contributed by atoms with E-state index >= 15 is 0 Å². The van der Waals surface area contributed by atoms with E-state index in [1.807, 2.05) is 44.2 Å². The van der Waals surface area contributed by atoms with Crippen molar-refractivity contribution < 1.29 is 9.47 Å². The maximum atomic E-state index is 13.5. The Morgan fingerprint density at radius 1 is 1.09 bits per heavy atom. The van der Waals surface area contributed by atoms with Crippen LogP contribution in [0.3, 0.4) is 0 Å². The van der Waals surface area contributed by atoms with Gasteiger partial charge in [-0.25, -0.2) is 15.0 Å². The lowest BCUT2D eigenvalue weighted by Crippen LogP contribution is -2.30. The van der Waals surface area contributed by atoms with Gasteiger partial charge < -0.3 is 18.9 Å². The minimum atomic E-state index is -0.229. The average molecular weight is 447 g/mol. The van der Waals surface area contributed by atoms with E-state index in [0.29, 0.717) is 41.6 Å². The van der Waals surface area contributed by atoms with Gasteiger partial charge in [-0.1, -0.05) is 6.07 Å². The van der Waals surface area contributed by atoms with Gasteiger partial charge in [-0.2, -0.15) is 0 Å². The first-order valence-electron chi connectivity index (χ1n) is 10.7. The Hall–Kier alpha value is -3.85. The van der Waals surface area contributed by atoms with E-state index in [-0.39, 0.29) is 17.5 Å². The first kappa shape index (κ1) is 22.3. The second-order valence-corrected chi connectivity index (χ2v) is 7.71. The zero-order valence-corrected chi connectivity index (χ0v) is 19.1. The maximum absolute atomic E-state index is 13.5. The van der Waals surface area contributed by atoms with Crippen LogP contribution < -0.4 is 15.2 Å². The van der Waals surface area contributed by atoms with Gasteiger partial charge in [-0.3, -0.25) is 9.78 Å². The molecule has 4 rings (SSSR count). The fourth-order valence-electron chi connectivity index (χ4n) is 3.42. The molecule has 0 fully saturated rings. The Kier molecular flexibility index (Phi) is 6.60. The number of nitrogens with zero attached hydrogens (tertiary/aromatic N) is 6. The summed E-state index contributed by atoms with van der Waals surface area (Å²) in [6, 6.07) is 11.0. The molecule has 33 heavy (non-hydrogen) atoms. The number of hydrogen-bond donors (Lipinski definition) is 0. The molecule has 0 spiro atoms. The molecule has 0 bridgehead atoms. The van der Waals surface area contributed by atoms with E-state index in [1.165, 1.54) is 0 Å². The Morgan fingerprint density at radius 3 is 2.61 bits per heavy atom. The highest BCUT2D eigenvalue weighted by atomic mass is 16.5.